The van der Waals surface area contributed by atoms with Crippen molar-refractivity contribution in [2.75, 3.05) is 25.6 Å². The Morgan fingerprint density at radius 1 is 1.25 bits per heavy atom. The Morgan fingerprint density at radius 2 is 1.96 bits per heavy atom. The third kappa shape index (κ3) is 3.73. The lowest BCUT2D eigenvalue weighted by Crippen LogP contribution is -2.30. The molecular formula is C19H23N3O6. The van der Waals surface area contributed by atoms with Crippen LogP contribution in [0.15, 0.2) is 12.1 Å². The third-order valence-corrected chi connectivity index (χ3v) is 4.47. The summed E-state index contributed by atoms with van der Waals surface area (Å²) in [5.41, 5.74) is 2.30. The highest BCUT2D eigenvalue weighted by Gasteiger charge is 2.25. The van der Waals surface area contributed by atoms with Crippen LogP contribution in [0.4, 0.5) is 5.69 Å². The van der Waals surface area contributed by atoms with Gasteiger partial charge in [0.2, 0.25) is 5.75 Å². The van der Waals surface area contributed by atoms with E-state index in [1.165, 1.54) is 26.2 Å². The molecule has 2 heterocycles. The Balaban J connectivity index is 1.72. The van der Waals surface area contributed by atoms with Crippen LogP contribution in [-0.4, -0.2) is 48.1 Å². The van der Waals surface area contributed by atoms with Gasteiger partial charge >= 0.3 is 5.97 Å². The van der Waals surface area contributed by atoms with Crippen molar-refractivity contribution in [1.29, 1.82) is 0 Å². The number of esters is 1. The number of benzene rings is 1. The Kier molecular flexibility index (Phi) is 5.43. The molecule has 3 rings (SSSR count). The quantitative estimate of drug-likeness (QED) is 0.781. The van der Waals surface area contributed by atoms with Gasteiger partial charge in [-0.25, -0.2) is 4.79 Å². The molecule has 28 heavy (non-hydrogen) atoms. The lowest BCUT2D eigenvalue weighted by molar-refractivity contribution is -0.123. The van der Waals surface area contributed by atoms with Crippen LogP contribution in [0.25, 0.3) is 0 Å². The molecule has 1 aromatic carbocycles. The summed E-state index contributed by atoms with van der Waals surface area (Å²) in [6.45, 7) is 5.91. The zero-order valence-corrected chi connectivity index (χ0v) is 16.5. The predicted molar refractivity (Wildman–Crippen MR) is 100 cm³/mol. The number of carbonyl (C=O) groups excluding carboxylic acids is 2. The molecule has 1 aromatic heterocycles. The maximum atomic E-state index is 12.5. The van der Waals surface area contributed by atoms with E-state index in [1.807, 2.05) is 6.92 Å². The van der Waals surface area contributed by atoms with E-state index >= 15 is 0 Å². The van der Waals surface area contributed by atoms with Gasteiger partial charge in [0.25, 0.3) is 5.91 Å². The lowest BCUT2D eigenvalue weighted by atomic mass is 10.1. The number of nitrogens with zero attached hydrogens (tertiary/aromatic N) is 2. The molecule has 0 aliphatic carbocycles. The number of nitrogens with one attached hydrogen (secondary N) is 1. The molecule has 0 bridgehead atoms. The van der Waals surface area contributed by atoms with E-state index in [2.05, 4.69) is 10.4 Å². The first-order chi connectivity index (χ1) is 13.3. The summed E-state index contributed by atoms with van der Waals surface area (Å²) in [6, 6.07) is 3.01. The largest absolute Gasteiger partial charge is 0.493 e. The molecule has 1 aliphatic heterocycles. The monoisotopic (exact) mass is 389 g/mol. The molecule has 9 nitrogen and oxygen atoms in total. The minimum atomic E-state index is -1.01. The average Bonchev–Trinajstić information content (AvgIpc) is 2.92. The van der Waals surface area contributed by atoms with Crippen LogP contribution in [0.1, 0.15) is 28.7 Å². The van der Waals surface area contributed by atoms with Gasteiger partial charge in [-0.3, -0.25) is 9.48 Å². The van der Waals surface area contributed by atoms with Gasteiger partial charge in [0.1, 0.15) is 13.2 Å². The van der Waals surface area contributed by atoms with Crippen LogP contribution in [0, 0.1) is 13.8 Å². The highest BCUT2D eigenvalue weighted by molar-refractivity contribution is 5.98. The number of rotatable bonds is 5. The van der Waals surface area contributed by atoms with E-state index in [9.17, 15) is 9.59 Å². The number of carbonyl (C=O) groups is 2. The maximum Gasteiger partial charge on any atom is 0.339 e. The molecule has 1 atom stereocenters. The van der Waals surface area contributed by atoms with Crippen molar-refractivity contribution in [3.63, 3.8) is 0 Å². The normalized spacial score (nSPS) is 13.6. The summed E-state index contributed by atoms with van der Waals surface area (Å²) < 4.78 is 23.3. The first-order valence-electron chi connectivity index (χ1n) is 8.81. The minimum absolute atomic E-state index is 0.203. The van der Waals surface area contributed by atoms with Crippen LogP contribution in [0.5, 0.6) is 17.2 Å². The number of hydrogen-bond acceptors (Lipinski definition) is 7. The molecule has 0 fully saturated rings. The first-order valence-corrected chi connectivity index (χ1v) is 8.81. The maximum absolute atomic E-state index is 12.5. The third-order valence-electron chi connectivity index (χ3n) is 4.47. The first kappa shape index (κ1) is 19.5. The lowest BCUT2D eigenvalue weighted by Gasteiger charge is -2.21. The fraction of sp³-hybridized carbons (Fsp3) is 0.421. The van der Waals surface area contributed by atoms with Gasteiger partial charge < -0.3 is 24.3 Å². The summed E-state index contributed by atoms with van der Waals surface area (Å²) in [7, 11) is 3.26. The number of aromatic nitrogens is 2. The molecule has 0 unspecified atom stereocenters. The van der Waals surface area contributed by atoms with Crippen LogP contribution >= 0.6 is 0 Å². The van der Waals surface area contributed by atoms with E-state index in [-0.39, 0.29) is 5.56 Å². The number of amides is 1. The number of hydrogen-bond donors (Lipinski definition) is 1. The van der Waals surface area contributed by atoms with Crippen molar-refractivity contribution < 1.29 is 28.5 Å². The summed E-state index contributed by atoms with van der Waals surface area (Å²) in [5, 5.41) is 7.01. The van der Waals surface area contributed by atoms with E-state index in [0.29, 0.717) is 41.8 Å². The summed E-state index contributed by atoms with van der Waals surface area (Å²) in [4.78, 5) is 25.0. The summed E-state index contributed by atoms with van der Waals surface area (Å²) in [6.07, 6.45) is -1.01. The van der Waals surface area contributed by atoms with Gasteiger partial charge in [0.15, 0.2) is 17.6 Å². The molecule has 0 saturated carbocycles. The molecule has 0 saturated heterocycles. The van der Waals surface area contributed by atoms with Crippen LogP contribution < -0.4 is 19.5 Å². The van der Waals surface area contributed by atoms with Crippen LogP contribution in [0.3, 0.4) is 0 Å². The topological polar surface area (TPSA) is 101 Å². The van der Waals surface area contributed by atoms with E-state index in [1.54, 1.807) is 18.7 Å². The second-order valence-corrected chi connectivity index (χ2v) is 6.41. The highest BCUT2D eigenvalue weighted by atomic mass is 16.6. The van der Waals surface area contributed by atoms with Gasteiger partial charge in [-0.1, -0.05) is 0 Å². The molecule has 1 aliphatic rings. The Labute approximate surface area is 162 Å². The summed E-state index contributed by atoms with van der Waals surface area (Å²) >= 11 is 0. The van der Waals surface area contributed by atoms with E-state index < -0.39 is 18.0 Å². The van der Waals surface area contributed by atoms with Crippen molar-refractivity contribution in [2.45, 2.75) is 26.9 Å². The van der Waals surface area contributed by atoms with Crippen molar-refractivity contribution in [1.82, 2.24) is 9.78 Å². The molecule has 9 heteroatoms. The molecule has 150 valence electrons. The molecule has 1 N–H and O–H groups in total. The second kappa shape index (κ2) is 7.79. The van der Waals surface area contributed by atoms with Crippen molar-refractivity contribution in [3.05, 3.63) is 29.1 Å². The van der Waals surface area contributed by atoms with Gasteiger partial charge in [-0.2, -0.15) is 5.10 Å². The van der Waals surface area contributed by atoms with Crippen molar-refractivity contribution in [2.24, 2.45) is 7.05 Å². The van der Waals surface area contributed by atoms with Gasteiger partial charge in [0, 0.05) is 7.05 Å². The molecular weight excluding hydrogens is 366 g/mol. The van der Waals surface area contributed by atoms with Crippen molar-refractivity contribution >= 4 is 17.6 Å². The van der Waals surface area contributed by atoms with Gasteiger partial charge in [0.05, 0.1) is 29.7 Å². The Hall–Kier alpha value is -3.23. The highest BCUT2D eigenvalue weighted by Crippen LogP contribution is 2.40. The predicted octanol–water partition coefficient (Wildman–Crippen LogP) is 2.00. The van der Waals surface area contributed by atoms with Crippen LogP contribution in [-0.2, 0) is 16.6 Å². The molecule has 1 amide bonds. The fourth-order valence-electron chi connectivity index (χ4n) is 2.85. The van der Waals surface area contributed by atoms with E-state index in [4.69, 9.17) is 18.9 Å². The zero-order chi connectivity index (χ0) is 20.4. The Bertz CT molecular complexity index is 904. The van der Waals surface area contributed by atoms with E-state index in [0.717, 1.165) is 5.69 Å². The number of aryl methyl sites for hydroxylation is 2. The number of methoxy groups -OCH3 is 1. The fourth-order valence-corrected chi connectivity index (χ4v) is 2.85. The average molecular weight is 389 g/mol. The summed E-state index contributed by atoms with van der Waals surface area (Å²) in [5.74, 6) is 0.0901. The SMILES string of the molecule is COc1cc(C(=O)O[C@@H](C)C(=O)Nc2c(C)nn(C)c2C)cc2c1OCCO2. The zero-order valence-electron chi connectivity index (χ0n) is 16.5. The molecule has 0 radical (unpaired) electrons. The molecule has 2 aromatic rings. The van der Waals surface area contributed by atoms with Crippen molar-refractivity contribution in [3.8, 4) is 17.2 Å². The molecule has 0 spiro atoms. The van der Waals surface area contributed by atoms with Crippen LogP contribution in [0.2, 0.25) is 0 Å². The number of ether oxygens (including phenoxy) is 4. The smallest absolute Gasteiger partial charge is 0.339 e. The second-order valence-electron chi connectivity index (χ2n) is 6.41. The number of fused-ring (bicyclic) bond motifs is 1. The number of anilines is 1. The Morgan fingerprint density at radius 3 is 2.61 bits per heavy atom. The minimum Gasteiger partial charge on any atom is -0.493 e. The standard InChI is InChI=1S/C19H23N3O6/c1-10-16(11(2)22(4)21-10)20-18(23)12(3)28-19(24)13-8-14(25-5)17-15(9-13)26-6-7-27-17/h8-9,12H,6-7H2,1-5H3,(H,20,23)/t12-/m0/s1. The van der Waals surface area contributed by atoms with Gasteiger partial charge in [-0.15, -0.1) is 0 Å². The van der Waals surface area contributed by atoms with Gasteiger partial charge in [-0.05, 0) is 32.9 Å².